The molecule has 0 spiro atoms. The van der Waals surface area contributed by atoms with Gasteiger partial charge in [0.1, 0.15) is 6.04 Å². The van der Waals surface area contributed by atoms with Gasteiger partial charge in [0.2, 0.25) is 5.91 Å². The van der Waals surface area contributed by atoms with Gasteiger partial charge in [0.25, 0.3) is 0 Å². The van der Waals surface area contributed by atoms with Crippen molar-refractivity contribution in [3.63, 3.8) is 0 Å². The second-order valence-corrected chi connectivity index (χ2v) is 4.07. The number of carboxylic acids is 1. The first-order valence-electron chi connectivity index (χ1n) is 5.93. The first kappa shape index (κ1) is 15.4. The van der Waals surface area contributed by atoms with Crippen molar-refractivity contribution in [2.75, 3.05) is 6.54 Å². The molecular weight excluding hydrogens is 264 g/mol. The maximum Gasteiger partial charge on any atom is 0.326 e. The van der Waals surface area contributed by atoms with E-state index in [1.807, 2.05) is 12.1 Å². The summed E-state index contributed by atoms with van der Waals surface area (Å²) in [6.45, 7) is 0.332. The van der Waals surface area contributed by atoms with Crippen molar-refractivity contribution >= 4 is 17.9 Å². The van der Waals surface area contributed by atoms with E-state index in [9.17, 15) is 14.4 Å². The first-order chi connectivity index (χ1) is 9.49. The number of primary amides is 1. The lowest BCUT2D eigenvalue weighted by molar-refractivity contribution is -0.140. The third kappa shape index (κ3) is 5.80. The summed E-state index contributed by atoms with van der Waals surface area (Å²) in [5.74, 6) is -2.11. The number of aromatic nitrogens is 1. The molecule has 0 aliphatic carbocycles. The van der Waals surface area contributed by atoms with Crippen LogP contribution in [-0.2, 0) is 16.0 Å². The van der Waals surface area contributed by atoms with E-state index in [4.69, 9.17) is 10.8 Å². The molecule has 0 fully saturated rings. The van der Waals surface area contributed by atoms with Crippen LogP contribution in [0.2, 0.25) is 0 Å². The maximum atomic E-state index is 11.5. The number of hydrogen-bond acceptors (Lipinski definition) is 4. The Kier molecular flexibility index (Phi) is 5.95. The van der Waals surface area contributed by atoms with Crippen molar-refractivity contribution in [3.8, 4) is 0 Å². The first-order valence-corrected chi connectivity index (χ1v) is 5.93. The number of nitrogens with two attached hydrogens (primary N) is 1. The average molecular weight is 280 g/mol. The molecule has 8 heteroatoms. The molecule has 0 unspecified atom stereocenters. The summed E-state index contributed by atoms with van der Waals surface area (Å²) in [5.41, 5.74) is 5.90. The summed E-state index contributed by atoms with van der Waals surface area (Å²) in [5, 5.41) is 13.5. The molecular formula is C12H16N4O4. The Hall–Kier alpha value is -2.64. The molecule has 0 aromatic carbocycles. The van der Waals surface area contributed by atoms with E-state index in [1.165, 1.54) is 0 Å². The number of nitrogens with zero attached hydrogens (tertiary/aromatic N) is 1. The Morgan fingerprint density at radius 2 is 1.95 bits per heavy atom. The highest BCUT2D eigenvalue weighted by Gasteiger charge is 2.21. The number of urea groups is 1. The molecule has 0 saturated heterocycles. The Balaban J connectivity index is 2.35. The lowest BCUT2D eigenvalue weighted by Crippen LogP contribution is -2.48. The van der Waals surface area contributed by atoms with Crippen LogP contribution in [0.15, 0.2) is 24.5 Å². The fraction of sp³-hybridized carbons (Fsp3) is 0.333. The third-order valence-electron chi connectivity index (χ3n) is 2.46. The van der Waals surface area contributed by atoms with E-state index in [0.29, 0.717) is 13.0 Å². The van der Waals surface area contributed by atoms with Gasteiger partial charge in [-0.15, -0.1) is 0 Å². The van der Waals surface area contributed by atoms with E-state index in [1.54, 1.807) is 12.4 Å². The van der Waals surface area contributed by atoms with E-state index < -0.39 is 30.4 Å². The normalized spacial score (nSPS) is 11.4. The molecule has 0 aliphatic heterocycles. The van der Waals surface area contributed by atoms with E-state index in [-0.39, 0.29) is 0 Å². The largest absolute Gasteiger partial charge is 0.480 e. The monoisotopic (exact) mass is 280 g/mol. The Bertz CT molecular complexity index is 478. The van der Waals surface area contributed by atoms with Crippen LogP contribution in [0.25, 0.3) is 0 Å². The average Bonchev–Trinajstić information content (AvgIpc) is 2.38. The third-order valence-corrected chi connectivity index (χ3v) is 2.46. The molecule has 0 saturated carbocycles. The second-order valence-electron chi connectivity index (χ2n) is 4.07. The van der Waals surface area contributed by atoms with Crippen LogP contribution in [0, 0.1) is 0 Å². The second kappa shape index (κ2) is 7.72. The smallest absolute Gasteiger partial charge is 0.326 e. The number of carbonyl (C=O) groups excluding carboxylic acids is 2. The van der Waals surface area contributed by atoms with Gasteiger partial charge in [0.05, 0.1) is 6.42 Å². The summed E-state index contributed by atoms with van der Waals surface area (Å²) in [4.78, 5) is 36.8. The van der Waals surface area contributed by atoms with Crippen molar-refractivity contribution in [1.29, 1.82) is 0 Å². The number of amides is 3. The molecule has 5 N–H and O–H groups in total. The molecule has 1 aromatic rings. The highest BCUT2D eigenvalue weighted by molar-refractivity contribution is 5.87. The summed E-state index contributed by atoms with van der Waals surface area (Å²) < 4.78 is 0. The number of hydrogen-bond donors (Lipinski definition) is 4. The van der Waals surface area contributed by atoms with E-state index in [0.717, 1.165) is 5.56 Å². The van der Waals surface area contributed by atoms with Crippen molar-refractivity contribution in [3.05, 3.63) is 30.1 Å². The van der Waals surface area contributed by atoms with Crippen molar-refractivity contribution in [2.45, 2.75) is 18.9 Å². The highest BCUT2D eigenvalue weighted by atomic mass is 16.4. The van der Waals surface area contributed by atoms with Gasteiger partial charge in [-0.1, -0.05) is 0 Å². The van der Waals surface area contributed by atoms with Gasteiger partial charge in [0.15, 0.2) is 0 Å². The molecule has 0 radical (unpaired) electrons. The summed E-state index contributed by atoms with van der Waals surface area (Å²) in [6.07, 6.45) is 3.42. The Labute approximate surface area is 115 Å². The van der Waals surface area contributed by atoms with Crippen molar-refractivity contribution in [2.24, 2.45) is 5.73 Å². The van der Waals surface area contributed by atoms with Crippen LogP contribution < -0.4 is 16.4 Å². The predicted octanol–water partition coefficient (Wildman–Crippen LogP) is -0.748. The molecule has 8 nitrogen and oxygen atoms in total. The molecule has 1 rings (SSSR count). The zero-order chi connectivity index (χ0) is 15.0. The van der Waals surface area contributed by atoms with E-state index in [2.05, 4.69) is 15.6 Å². The molecule has 3 amide bonds. The van der Waals surface area contributed by atoms with Gasteiger partial charge < -0.3 is 21.5 Å². The minimum atomic E-state index is -1.33. The van der Waals surface area contributed by atoms with Gasteiger partial charge in [-0.25, -0.2) is 9.59 Å². The lowest BCUT2D eigenvalue weighted by Gasteiger charge is -2.13. The van der Waals surface area contributed by atoms with Crippen LogP contribution in [0.1, 0.15) is 12.0 Å². The molecule has 108 valence electrons. The zero-order valence-corrected chi connectivity index (χ0v) is 10.7. The summed E-state index contributed by atoms with van der Waals surface area (Å²) >= 11 is 0. The van der Waals surface area contributed by atoms with Crippen LogP contribution in [0.3, 0.4) is 0 Å². The number of pyridine rings is 1. The Morgan fingerprint density at radius 3 is 2.50 bits per heavy atom. The number of rotatable bonds is 7. The van der Waals surface area contributed by atoms with Crippen LogP contribution in [-0.4, -0.2) is 40.6 Å². The van der Waals surface area contributed by atoms with Gasteiger partial charge >= 0.3 is 12.0 Å². The van der Waals surface area contributed by atoms with Crippen molar-refractivity contribution < 1.29 is 19.5 Å². The van der Waals surface area contributed by atoms with Crippen molar-refractivity contribution in [1.82, 2.24) is 15.6 Å². The lowest BCUT2D eigenvalue weighted by atomic mass is 10.2. The summed E-state index contributed by atoms with van der Waals surface area (Å²) in [7, 11) is 0. The number of carbonyl (C=O) groups is 3. The predicted molar refractivity (Wildman–Crippen MR) is 69.7 cm³/mol. The quantitative estimate of drug-likeness (QED) is 0.521. The minimum absolute atomic E-state index is 0.332. The van der Waals surface area contributed by atoms with E-state index >= 15 is 0 Å². The van der Waals surface area contributed by atoms with Gasteiger partial charge in [-0.2, -0.15) is 0 Å². The SMILES string of the molecule is NC(=O)C[C@@H](NC(=O)NCCc1ccncc1)C(=O)O. The fourth-order valence-corrected chi connectivity index (χ4v) is 1.48. The standard InChI is InChI=1S/C12H16N4O4/c13-10(17)7-9(11(18)19)16-12(20)15-6-3-8-1-4-14-5-2-8/h1-2,4-5,9H,3,6-7H2,(H2,13,17)(H,18,19)(H2,15,16,20)/t9-/m1/s1. The molecule has 0 bridgehead atoms. The number of nitrogens with one attached hydrogen (secondary N) is 2. The zero-order valence-electron chi connectivity index (χ0n) is 10.7. The fourth-order valence-electron chi connectivity index (χ4n) is 1.48. The molecule has 1 atom stereocenters. The maximum absolute atomic E-state index is 11.5. The van der Waals surface area contributed by atoms with Gasteiger partial charge in [-0.3, -0.25) is 9.78 Å². The van der Waals surface area contributed by atoms with Gasteiger partial charge in [-0.05, 0) is 24.1 Å². The summed E-state index contributed by atoms with van der Waals surface area (Å²) in [6, 6.07) is 1.64. The molecule has 0 aliphatic rings. The van der Waals surface area contributed by atoms with Crippen LogP contribution in [0.4, 0.5) is 4.79 Å². The number of aliphatic carboxylic acids is 1. The Morgan fingerprint density at radius 1 is 1.30 bits per heavy atom. The topological polar surface area (TPSA) is 134 Å². The molecule has 1 heterocycles. The number of carboxylic acid groups (broad SMARTS) is 1. The molecule has 20 heavy (non-hydrogen) atoms. The van der Waals surface area contributed by atoms with Crippen LogP contribution in [0.5, 0.6) is 0 Å². The van der Waals surface area contributed by atoms with Crippen LogP contribution >= 0.6 is 0 Å². The highest BCUT2D eigenvalue weighted by Crippen LogP contribution is 1.96. The van der Waals surface area contributed by atoms with Gasteiger partial charge in [0, 0.05) is 18.9 Å². The minimum Gasteiger partial charge on any atom is -0.480 e. The molecule has 1 aromatic heterocycles.